The third-order valence-corrected chi connectivity index (χ3v) is 4.03. The smallest absolute Gasteiger partial charge is 0.265 e. The van der Waals surface area contributed by atoms with Crippen LogP contribution in [0.2, 0.25) is 0 Å². The summed E-state index contributed by atoms with van der Waals surface area (Å²) in [5.41, 5.74) is 1.79. The zero-order valence-corrected chi connectivity index (χ0v) is 15.5. The number of anilines is 1. The molecule has 0 aliphatic heterocycles. The van der Waals surface area contributed by atoms with Gasteiger partial charge < -0.3 is 14.8 Å². The molecular weight excluding hydrogens is 338 g/mol. The maximum atomic E-state index is 12.5. The molecule has 4 nitrogen and oxygen atoms in total. The third-order valence-electron chi connectivity index (χ3n) is 4.03. The van der Waals surface area contributed by atoms with Gasteiger partial charge in [-0.3, -0.25) is 4.79 Å². The van der Waals surface area contributed by atoms with Gasteiger partial charge in [0.2, 0.25) is 0 Å². The molecule has 27 heavy (non-hydrogen) atoms. The number of nitrogens with one attached hydrogen (secondary N) is 1. The number of ether oxygens (including phenoxy) is 2. The highest BCUT2D eigenvalue weighted by Gasteiger charge is 2.18. The summed E-state index contributed by atoms with van der Waals surface area (Å²) in [6.07, 6.45) is 0.0293. The quantitative estimate of drug-likeness (QED) is 0.597. The van der Waals surface area contributed by atoms with Gasteiger partial charge in [-0.2, -0.15) is 0 Å². The summed E-state index contributed by atoms with van der Waals surface area (Å²) in [5.74, 6) is 2.01. The molecule has 0 aliphatic rings. The molecule has 4 heteroatoms. The Balaban J connectivity index is 1.60. The monoisotopic (exact) mass is 361 g/mol. The van der Waals surface area contributed by atoms with Crippen LogP contribution in [0.25, 0.3) is 0 Å². The fraction of sp³-hybridized carbons (Fsp3) is 0.174. The van der Waals surface area contributed by atoms with Crippen molar-refractivity contribution < 1.29 is 14.3 Å². The molecule has 0 fully saturated rings. The first-order valence-electron chi connectivity index (χ1n) is 9.01. The average Bonchev–Trinajstić information content (AvgIpc) is 2.68. The molecule has 3 aromatic carbocycles. The van der Waals surface area contributed by atoms with Gasteiger partial charge >= 0.3 is 0 Å². The molecule has 138 valence electrons. The molecule has 0 saturated carbocycles. The van der Waals surface area contributed by atoms with E-state index in [-0.39, 0.29) is 5.91 Å². The Labute approximate surface area is 159 Å². The van der Waals surface area contributed by atoms with Crippen LogP contribution in [-0.4, -0.2) is 12.0 Å². The van der Waals surface area contributed by atoms with Gasteiger partial charge in [0, 0.05) is 5.69 Å². The molecule has 0 bridgehead atoms. The van der Waals surface area contributed by atoms with E-state index in [2.05, 4.69) is 5.32 Å². The molecular formula is C23H23NO3. The lowest BCUT2D eigenvalue weighted by molar-refractivity contribution is -0.122. The minimum absolute atomic E-state index is 0.171. The second-order valence-electron chi connectivity index (χ2n) is 6.26. The standard InChI is InChI=1S/C23H23NO3/c1-3-22(27-21-11-7-8-17(2)16-21)23(25)24-18-12-14-20(15-13-18)26-19-9-5-4-6-10-19/h4-16,22H,3H2,1-2H3,(H,24,25)/t22-/m0/s1. The van der Waals surface area contributed by atoms with Crippen LogP contribution >= 0.6 is 0 Å². The minimum Gasteiger partial charge on any atom is -0.481 e. The Hall–Kier alpha value is -3.27. The molecule has 1 atom stereocenters. The molecule has 0 aliphatic carbocycles. The Bertz CT molecular complexity index is 876. The lowest BCUT2D eigenvalue weighted by Crippen LogP contribution is -2.32. The van der Waals surface area contributed by atoms with E-state index < -0.39 is 6.10 Å². The first-order valence-corrected chi connectivity index (χ1v) is 9.01. The summed E-state index contributed by atoms with van der Waals surface area (Å²) >= 11 is 0. The number of para-hydroxylation sites is 1. The maximum Gasteiger partial charge on any atom is 0.265 e. The highest BCUT2D eigenvalue weighted by Crippen LogP contribution is 2.23. The van der Waals surface area contributed by atoms with Crippen molar-refractivity contribution in [1.82, 2.24) is 0 Å². The van der Waals surface area contributed by atoms with E-state index >= 15 is 0 Å². The van der Waals surface area contributed by atoms with Crippen LogP contribution in [0.1, 0.15) is 18.9 Å². The average molecular weight is 361 g/mol. The highest BCUT2D eigenvalue weighted by atomic mass is 16.5. The molecule has 0 radical (unpaired) electrons. The Morgan fingerprint density at radius 3 is 2.22 bits per heavy atom. The van der Waals surface area contributed by atoms with E-state index in [0.29, 0.717) is 23.6 Å². The minimum atomic E-state index is -0.549. The van der Waals surface area contributed by atoms with E-state index in [1.54, 1.807) is 0 Å². The normalized spacial score (nSPS) is 11.5. The SMILES string of the molecule is CC[C@H](Oc1cccc(C)c1)C(=O)Nc1ccc(Oc2ccccc2)cc1. The van der Waals surface area contributed by atoms with Gasteiger partial charge in [0.05, 0.1) is 0 Å². The third kappa shape index (κ3) is 5.35. The van der Waals surface area contributed by atoms with Crippen LogP contribution in [0.4, 0.5) is 5.69 Å². The molecule has 0 spiro atoms. The molecule has 0 heterocycles. The summed E-state index contributed by atoms with van der Waals surface area (Å²) in [5, 5.41) is 2.90. The van der Waals surface area contributed by atoms with E-state index in [9.17, 15) is 4.79 Å². The lowest BCUT2D eigenvalue weighted by Gasteiger charge is -2.17. The van der Waals surface area contributed by atoms with Crippen molar-refractivity contribution in [1.29, 1.82) is 0 Å². The van der Waals surface area contributed by atoms with Gasteiger partial charge in [0.15, 0.2) is 6.10 Å². The van der Waals surface area contributed by atoms with Crippen molar-refractivity contribution >= 4 is 11.6 Å². The highest BCUT2D eigenvalue weighted by molar-refractivity contribution is 5.94. The number of benzene rings is 3. The van der Waals surface area contributed by atoms with Crippen molar-refractivity contribution in [3.63, 3.8) is 0 Å². The predicted molar refractivity (Wildman–Crippen MR) is 107 cm³/mol. The van der Waals surface area contributed by atoms with Crippen LogP contribution in [0, 0.1) is 6.92 Å². The fourth-order valence-electron chi connectivity index (χ4n) is 2.63. The molecule has 0 unspecified atom stereocenters. The van der Waals surface area contributed by atoms with Crippen molar-refractivity contribution in [2.45, 2.75) is 26.4 Å². The number of carbonyl (C=O) groups is 1. The molecule has 1 amide bonds. The van der Waals surface area contributed by atoms with Gasteiger partial charge in [-0.15, -0.1) is 0 Å². The van der Waals surface area contributed by atoms with Crippen molar-refractivity contribution in [3.8, 4) is 17.2 Å². The first-order chi connectivity index (χ1) is 13.1. The van der Waals surface area contributed by atoms with Crippen LogP contribution in [0.15, 0.2) is 78.9 Å². The van der Waals surface area contributed by atoms with Gasteiger partial charge in [-0.05, 0) is 67.4 Å². The summed E-state index contributed by atoms with van der Waals surface area (Å²) in [6.45, 7) is 3.92. The Kier molecular flexibility index (Phi) is 6.10. The summed E-state index contributed by atoms with van der Waals surface area (Å²) in [4.78, 5) is 12.5. The number of aryl methyl sites for hydroxylation is 1. The van der Waals surface area contributed by atoms with E-state index in [4.69, 9.17) is 9.47 Å². The van der Waals surface area contributed by atoms with E-state index in [0.717, 1.165) is 11.3 Å². The van der Waals surface area contributed by atoms with Crippen molar-refractivity contribution in [2.24, 2.45) is 0 Å². The second-order valence-corrected chi connectivity index (χ2v) is 6.26. The van der Waals surface area contributed by atoms with Gasteiger partial charge in [0.1, 0.15) is 17.2 Å². The Morgan fingerprint density at radius 2 is 1.56 bits per heavy atom. The molecule has 3 rings (SSSR count). The van der Waals surface area contributed by atoms with E-state index in [1.165, 1.54) is 0 Å². The number of hydrogen-bond donors (Lipinski definition) is 1. The van der Waals surface area contributed by atoms with Gasteiger partial charge in [0.25, 0.3) is 5.91 Å². The van der Waals surface area contributed by atoms with Crippen LogP contribution in [0.5, 0.6) is 17.2 Å². The topological polar surface area (TPSA) is 47.6 Å². The maximum absolute atomic E-state index is 12.5. The first kappa shape index (κ1) is 18.5. The largest absolute Gasteiger partial charge is 0.481 e. The number of amides is 1. The molecule has 3 aromatic rings. The van der Waals surface area contributed by atoms with Gasteiger partial charge in [-0.1, -0.05) is 37.3 Å². The second kappa shape index (κ2) is 8.90. The predicted octanol–water partition coefficient (Wildman–Crippen LogP) is 5.58. The summed E-state index contributed by atoms with van der Waals surface area (Å²) in [7, 11) is 0. The number of carbonyl (C=O) groups excluding carboxylic acids is 1. The molecule has 0 aromatic heterocycles. The lowest BCUT2D eigenvalue weighted by atomic mass is 10.2. The summed E-state index contributed by atoms with van der Waals surface area (Å²) in [6, 6.07) is 24.5. The van der Waals surface area contributed by atoms with Crippen LogP contribution in [-0.2, 0) is 4.79 Å². The molecule has 0 saturated heterocycles. The van der Waals surface area contributed by atoms with Crippen LogP contribution < -0.4 is 14.8 Å². The van der Waals surface area contributed by atoms with Crippen molar-refractivity contribution in [3.05, 3.63) is 84.4 Å². The zero-order valence-electron chi connectivity index (χ0n) is 15.5. The molecule has 1 N–H and O–H groups in total. The van der Waals surface area contributed by atoms with E-state index in [1.807, 2.05) is 92.7 Å². The fourth-order valence-corrected chi connectivity index (χ4v) is 2.63. The zero-order chi connectivity index (χ0) is 19.1. The Morgan fingerprint density at radius 1 is 0.889 bits per heavy atom. The van der Waals surface area contributed by atoms with Crippen molar-refractivity contribution in [2.75, 3.05) is 5.32 Å². The van der Waals surface area contributed by atoms with Gasteiger partial charge in [-0.25, -0.2) is 0 Å². The van der Waals surface area contributed by atoms with Crippen LogP contribution in [0.3, 0.4) is 0 Å². The number of hydrogen-bond acceptors (Lipinski definition) is 3. The summed E-state index contributed by atoms with van der Waals surface area (Å²) < 4.78 is 11.6. The number of rotatable bonds is 7.